The number of aromatic nitrogens is 5. The van der Waals surface area contributed by atoms with Crippen molar-refractivity contribution in [2.75, 3.05) is 26.3 Å². The van der Waals surface area contributed by atoms with Crippen LogP contribution in [0.1, 0.15) is 25.1 Å². The van der Waals surface area contributed by atoms with Crippen molar-refractivity contribution >= 4 is 22.8 Å². The van der Waals surface area contributed by atoms with E-state index in [2.05, 4.69) is 41.4 Å². The Balaban J connectivity index is 1.53. The highest BCUT2D eigenvalue weighted by atomic mass is 16.5. The van der Waals surface area contributed by atoms with E-state index < -0.39 is 0 Å². The average molecular weight is 355 g/mol. The summed E-state index contributed by atoms with van der Waals surface area (Å²) >= 11 is 0. The van der Waals surface area contributed by atoms with Crippen molar-refractivity contribution in [1.29, 1.82) is 0 Å². The predicted octanol–water partition coefficient (Wildman–Crippen LogP) is 0.778. The van der Waals surface area contributed by atoms with E-state index in [0.717, 1.165) is 42.1 Å². The molecular weight excluding hydrogens is 334 g/mol. The van der Waals surface area contributed by atoms with Crippen LogP contribution in [0.4, 0.5) is 0 Å². The lowest BCUT2D eigenvalue weighted by Crippen LogP contribution is -2.29. The smallest absolute Gasteiger partial charge is 0.287 e. The van der Waals surface area contributed by atoms with Crippen molar-refractivity contribution in [1.82, 2.24) is 29.5 Å². The van der Waals surface area contributed by atoms with Gasteiger partial charge in [0, 0.05) is 25.2 Å². The molecular formula is C17H21N7O2. The highest BCUT2D eigenvalue weighted by Gasteiger charge is 2.39. The van der Waals surface area contributed by atoms with Crippen LogP contribution in [0.5, 0.6) is 0 Å². The molecule has 26 heavy (non-hydrogen) atoms. The number of aliphatic hydroxyl groups excluding tert-OH is 1. The minimum atomic E-state index is -0.149. The van der Waals surface area contributed by atoms with E-state index in [9.17, 15) is 5.11 Å². The number of aromatic amines is 1. The largest absolute Gasteiger partial charge is 0.463 e. The maximum atomic E-state index is 9.29. The summed E-state index contributed by atoms with van der Waals surface area (Å²) < 4.78 is 7.80. The lowest BCUT2D eigenvalue weighted by Gasteiger charge is -2.16. The molecule has 9 heteroatoms. The zero-order valence-electron chi connectivity index (χ0n) is 14.5. The van der Waals surface area contributed by atoms with E-state index in [1.807, 2.05) is 12.3 Å². The second-order valence-corrected chi connectivity index (χ2v) is 6.96. The monoisotopic (exact) mass is 355 g/mol. The molecule has 0 aliphatic carbocycles. The molecule has 2 aliphatic rings. The zero-order valence-corrected chi connectivity index (χ0v) is 14.5. The summed E-state index contributed by atoms with van der Waals surface area (Å²) in [6.45, 7) is 4.32. The standard InChI is InChI=1S/C17H21N7O2/c1-2-10-6-23(17-20-11(8-25)9-26-17)7-12(10)16-22-21-14-5-19-15-13(24(14)16)3-4-18-15/h3-5,10-12,18,25H,2,6-9H2,1H3/t10-,11?,12+/m1/s1. The molecule has 1 saturated heterocycles. The number of ether oxygens (including phenoxy) is 1. The third-order valence-corrected chi connectivity index (χ3v) is 5.44. The Hall–Kier alpha value is -2.68. The Labute approximate surface area is 149 Å². The van der Waals surface area contributed by atoms with Crippen LogP contribution in [0.25, 0.3) is 16.8 Å². The minimum absolute atomic E-state index is 0.0191. The molecule has 1 fully saturated rings. The summed E-state index contributed by atoms with van der Waals surface area (Å²) in [5.41, 5.74) is 2.58. The molecule has 0 radical (unpaired) electrons. The summed E-state index contributed by atoms with van der Waals surface area (Å²) in [6.07, 6.45) is 4.67. The van der Waals surface area contributed by atoms with Gasteiger partial charge in [-0.15, -0.1) is 10.2 Å². The van der Waals surface area contributed by atoms with Crippen LogP contribution in [0.15, 0.2) is 23.5 Å². The van der Waals surface area contributed by atoms with Gasteiger partial charge in [0.05, 0.1) is 18.3 Å². The van der Waals surface area contributed by atoms with E-state index in [-0.39, 0.29) is 18.6 Å². The second-order valence-electron chi connectivity index (χ2n) is 6.96. The van der Waals surface area contributed by atoms with Gasteiger partial charge in [0.1, 0.15) is 18.5 Å². The molecule has 1 unspecified atom stereocenters. The Bertz CT molecular complexity index is 978. The van der Waals surface area contributed by atoms with Crippen molar-refractivity contribution in [3.63, 3.8) is 0 Å². The first-order valence-electron chi connectivity index (χ1n) is 9.02. The van der Waals surface area contributed by atoms with Gasteiger partial charge in [0.25, 0.3) is 6.02 Å². The van der Waals surface area contributed by atoms with Gasteiger partial charge < -0.3 is 19.7 Å². The van der Waals surface area contributed by atoms with Crippen molar-refractivity contribution in [2.24, 2.45) is 10.9 Å². The van der Waals surface area contributed by atoms with Crippen molar-refractivity contribution in [3.05, 3.63) is 24.3 Å². The molecule has 136 valence electrons. The van der Waals surface area contributed by atoms with Gasteiger partial charge in [-0.2, -0.15) is 0 Å². The van der Waals surface area contributed by atoms with Gasteiger partial charge in [-0.1, -0.05) is 13.3 Å². The van der Waals surface area contributed by atoms with Gasteiger partial charge in [-0.25, -0.2) is 9.98 Å². The molecule has 3 aromatic heterocycles. The van der Waals surface area contributed by atoms with Crippen LogP contribution >= 0.6 is 0 Å². The topological polar surface area (TPSA) is 104 Å². The van der Waals surface area contributed by atoms with Gasteiger partial charge in [0.15, 0.2) is 11.3 Å². The molecule has 5 heterocycles. The molecule has 2 aliphatic heterocycles. The second kappa shape index (κ2) is 5.94. The highest BCUT2D eigenvalue weighted by Crippen LogP contribution is 2.35. The Morgan fingerprint density at radius 3 is 3.08 bits per heavy atom. The quantitative estimate of drug-likeness (QED) is 0.719. The minimum Gasteiger partial charge on any atom is -0.463 e. The highest BCUT2D eigenvalue weighted by molar-refractivity contribution is 5.76. The first kappa shape index (κ1) is 15.6. The number of rotatable bonds is 3. The molecule has 0 spiro atoms. The molecule has 2 N–H and O–H groups in total. The average Bonchev–Trinajstić information content (AvgIpc) is 3.44. The summed E-state index contributed by atoms with van der Waals surface area (Å²) in [6, 6.07) is 2.50. The third kappa shape index (κ3) is 2.27. The van der Waals surface area contributed by atoms with Crippen LogP contribution in [-0.2, 0) is 4.74 Å². The fourth-order valence-electron chi connectivity index (χ4n) is 4.04. The predicted molar refractivity (Wildman–Crippen MR) is 95.0 cm³/mol. The molecule has 3 atom stereocenters. The summed E-state index contributed by atoms with van der Waals surface area (Å²) in [5, 5.41) is 18.1. The van der Waals surface area contributed by atoms with Crippen molar-refractivity contribution in [2.45, 2.75) is 25.3 Å². The molecule has 0 bridgehead atoms. The Kier molecular flexibility index (Phi) is 3.56. The SMILES string of the molecule is CC[C@@H]1CN(C2=NC(CO)CO2)C[C@@H]1c1nnc2cnc3[nH]ccc3n12. The van der Waals surface area contributed by atoms with E-state index in [1.54, 1.807) is 6.20 Å². The number of amidine groups is 1. The first-order chi connectivity index (χ1) is 12.8. The fourth-order valence-corrected chi connectivity index (χ4v) is 4.04. The number of nitrogens with zero attached hydrogens (tertiary/aromatic N) is 6. The number of H-pyrrole nitrogens is 1. The summed E-state index contributed by atoms with van der Waals surface area (Å²) in [4.78, 5) is 14.2. The van der Waals surface area contributed by atoms with Crippen molar-refractivity contribution in [3.8, 4) is 0 Å². The maximum Gasteiger partial charge on any atom is 0.287 e. The van der Waals surface area contributed by atoms with Crippen LogP contribution in [0.2, 0.25) is 0 Å². The van der Waals surface area contributed by atoms with Crippen molar-refractivity contribution < 1.29 is 9.84 Å². The number of fused-ring (bicyclic) bond motifs is 3. The zero-order chi connectivity index (χ0) is 17.7. The summed E-state index contributed by atoms with van der Waals surface area (Å²) in [7, 11) is 0. The Morgan fingerprint density at radius 1 is 1.35 bits per heavy atom. The molecule has 0 aromatic carbocycles. The number of nitrogens with one attached hydrogen (secondary N) is 1. The van der Waals surface area contributed by atoms with Crippen LogP contribution in [0.3, 0.4) is 0 Å². The molecule has 9 nitrogen and oxygen atoms in total. The van der Waals surface area contributed by atoms with E-state index >= 15 is 0 Å². The third-order valence-electron chi connectivity index (χ3n) is 5.44. The number of aliphatic imine (C=N–C) groups is 1. The van der Waals surface area contributed by atoms with Gasteiger partial charge in [0.2, 0.25) is 0 Å². The van der Waals surface area contributed by atoms with Crippen LogP contribution in [-0.4, -0.2) is 72.9 Å². The lowest BCUT2D eigenvalue weighted by atomic mass is 9.93. The maximum absolute atomic E-state index is 9.29. The number of likely N-dealkylation sites (tertiary alicyclic amines) is 1. The fraction of sp³-hybridized carbons (Fsp3) is 0.529. The Morgan fingerprint density at radius 2 is 2.27 bits per heavy atom. The van der Waals surface area contributed by atoms with E-state index in [4.69, 9.17) is 4.74 Å². The summed E-state index contributed by atoms with van der Waals surface area (Å²) in [5.74, 6) is 1.62. The van der Waals surface area contributed by atoms with Gasteiger partial charge in [-0.3, -0.25) is 4.40 Å². The number of hydrogen-bond acceptors (Lipinski definition) is 7. The van der Waals surface area contributed by atoms with E-state index in [0.29, 0.717) is 18.5 Å². The first-order valence-corrected chi connectivity index (χ1v) is 9.02. The normalized spacial score (nSPS) is 26.0. The van der Waals surface area contributed by atoms with Gasteiger partial charge in [-0.05, 0) is 12.0 Å². The van der Waals surface area contributed by atoms with Gasteiger partial charge >= 0.3 is 0 Å². The molecule has 0 saturated carbocycles. The van der Waals surface area contributed by atoms with Crippen LogP contribution in [0, 0.1) is 5.92 Å². The molecule has 5 rings (SSSR count). The van der Waals surface area contributed by atoms with Crippen LogP contribution < -0.4 is 0 Å². The van der Waals surface area contributed by atoms with E-state index in [1.165, 1.54) is 0 Å². The molecule has 3 aromatic rings. The molecule has 0 amide bonds. The number of hydrogen-bond donors (Lipinski definition) is 2. The number of aliphatic hydroxyl groups is 1. The lowest BCUT2D eigenvalue weighted by molar-refractivity contribution is 0.214.